The van der Waals surface area contributed by atoms with Gasteiger partial charge in [0.1, 0.15) is 5.75 Å². The zero-order valence-electron chi connectivity index (χ0n) is 20.5. The zero-order chi connectivity index (χ0) is 25.0. The fraction of sp³-hybridized carbons (Fsp3) is 0.357. The minimum Gasteiger partial charge on any atom is -0.507 e. The molecule has 6 heterocycles. The second-order valence-electron chi connectivity index (χ2n) is 10.7. The van der Waals surface area contributed by atoms with Crippen LogP contribution >= 0.6 is 0 Å². The van der Waals surface area contributed by atoms with Crippen molar-refractivity contribution in [3.8, 4) is 17.0 Å². The Morgan fingerprint density at radius 2 is 1.78 bits per heavy atom. The first-order chi connectivity index (χ1) is 18.1. The number of hydrogen-bond acceptors (Lipinski definition) is 7. The van der Waals surface area contributed by atoms with Crippen LogP contribution in [0.5, 0.6) is 5.75 Å². The van der Waals surface area contributed by atoms with Crippen LogP contribution in [0.15, 0.2) is 67.0 Å². The van der Waals surface area contributed by atoms with E-state index in [2.05, 4.69) is 26.5 Å². The van der Waals surface area contributed by atoms with Crippen molar-refractivity contribution in [1.82, 2.24) is 30.0 Å². The minimum absolute atomic E-state index is 0.179. The summed E-state index contributed by atoms with van der Waals surface area (Å²) in [4.78, 5) is 18.4. The van der Waals surface area contributed by atoms with Crippen LogP contribution in [0.3, 0.4) is 0 Å². The highest BCUT2D eigenvalue weighted by Gasteiger charge is 2.55. The third kappa shape index (κ3) is 3.56. The van der Waals surface area contributed by atoms with E-state index >= 15 is 0 Å². The Kier molecular flexibility index (Phi) is 4.97. The number of phenolic OH excluding ortho intramolecular Hbond substituents is 1. The quantitative estimate of drug-likeness (QED) is 0.449. The highest BCUT2D eigenvalue weighted by molar-refractivity contribution is 5.89. The summed E-state index contributed by atoms with van der Waals surface area (Å²) in [7, 11) is 0. The van der Waals surface area contributed by atoms with Gasteiger partial charge in [0.05, 0.1) is 34.2 Å². The number of aromatic hydroxyl groups is 1. The van der Waals surface area contributed by atoms with Crippen molar-refractivity contribution in [3.05, 3.63) is 72.7 Å². The maximum absolute atomic E-state index is 14.1. The van der Waals surface area contributed by atoms with E-state index in [1.807, 2.05) is 52.0 Å². The molecular weight excluding hydrogens is 466 g/mol. The molecule has 3 aliphatic rings. The van der Waals surface area contributed by atoms with Gasteiger partial charge in [0.25, 0.3) is 0 Å². The number of nitrogens with zero attached hydrogens (tertiary/aromatic N) is 6. The Bertz CT molecular complexity index is 1450. The number of nitrogens with one attached hydrogen (secondary N) is 1. The number of anilines is 1. The highest BCUT2D eigenvalue weighted by atomic mass is 16.3. The normalized spacial score (nSPS) is 20.0. The van der Waals surface area contributed by atoms with Gasteiger partial charge in [-0.05, 0) is 49.2 Å². The Labute approximate surface area is 214 Å². The van der Waals surface area contributed by atoms with E-state index in [1.54, 1.807) is 18.3 Å². The molecule has 188 valence electrons. The number of hydrogen-bond donors (Lipinski definition) is 2. The molecule has 0 unspecified atom stereocenters. The van der Waals surface area contributed by atoms with E-state index in [4.69, 9.17) is 5.10 Å². The molecule has 3 saturated heterocycles. The fourth-order valence-corrected chi connectivity index (χ4v) is 6.16. The van der Waals surface area contributed by atoms with Crippen molar-refractivity contribution in [1.29, 1.82) is 0 Å². The zero-order valence-corrected chi connectivity index (χ0v) is 20.5. The first-order valence-corrected chi connectivity index (χ1v) is 12.9. The number of likely N-dealkylation sites (tertiary alicyclic amines) is 1. The Hall–Kier alpha value is -3.98. The van der Waals surface area contributed by atoms with Gasteiger partial charge in [-0.1, -0.05) is 18.2 Å². The number of amides is 1. The molecule has 1 spiro atoms. The summed E-state index contributed by atoms with van der Waals surface area (Å²) in [5.41, 5.74) is 3.71. The molecule has 0 atom stereocenters. The van der Waals surface area contributed by atoms with Crippen LogP contribution in [0.4, 0.5) is 5.69 Å². The number of rotatable bonds is 4. The average molecular weight is 496 g/mol. The molecular formula is C28H29N7O2. The van der Waals surface area contributed by atoms with E-state index < -0.39 is 5.41 Å². The summed E-state index contributed by atoms with van der Waals surface area (Å²) in [6.07, 6.45) is 5.04. The predicted octanol–water partition coefficient (Wildman–Crippen LogP) is 2.47. The van der Waals surface area contributed by atoms with Crippen LogP contribution in [-0.2, 0) is 10.2 Å². The molecule has 1 aromatic carbocycles. The van der Waals surface area contributed by atoms with Gasteiger partial charge in [0.2, 0.25) is 5.91 Å². The molecule has 0 saturated carbocycles. The smallest absolute Gasteiger partial charge is 0.235 e. The number of pyridine rings is 1. The number of phenols is 1. The van der Waals surface area contributed by atoms with Gasteiger partial charge in [0, 0.05) is 56.4 Å². The summed E-state index contributed by atoms with van der Waals surface area (Å²) in [5, 5.41) is 27.0. The van der Waals surface area contributed by atoms with Gasteiger partial charge >= 0.3 is 0 Å². The molecule has 0 bridgehead atoms. The summed E-state index contributed by atoms with van der Waals surface area (Å²) in [6, 6.07) is 17.2. The molecule has 9 heteroatoms. The third-order valence-corrected chi connectivity index (χ3v) is 8.41. The summed E-state index contributed by atoms with van der Waals surface area (Å²) in [5.74, 6) is 0.383. The van der Waals surface area contributed by atoms with Crippen LogP contribution in [-0.4, -0.2) is 75.0 Å². The number of carbonyl (C=O) groups excluding carboxylic acids is 1. The van der Waals surface area contributed by atoms with Gasteiger partial charge in [-0.2, -0.15) is 15.3 Å². The number of fused-ring (bicyclic) bond motifs is 1. The lowest BCUT2D eigenvalue weighted by molar-refractivity contribution is -0.154. The summed E-state index contributed by atoms with van der Waals surface area (Å²) in [6.45, 7) is 5.06. The molecule has 9 nitrogen and oxygen atoms in total. The first-order valence-electron chi connectivity index (χ1n) is 12.9. The Balaban J connectivity index is 1.18. The number of para-hydroxylation sites is 1. The lowest BCUT2D eigenvalue weighted by Crippen LogP contribution is -2.73. The number of benzene rings is 1. The molecule has 3 fully saturated rings. The second kappa shape index (κ2) is 8.27. The van der Waals surface area contributed by atoms with Crippen molar-refractivity contribution < 1.29 is 9.90 Å². The lowest BCUT2D eigenvalue weighted by atomic mass is 9.69. The summed E-state index contributed by atoms with van der Waals surface area (Å²) < 4.78 is 1.87. The Morgan fingerprint density at radius 1 is 1.00 bits per heavy atom. The van der Waals surface area contributed by atoms with Crippen molar-refractivity contribution in [2.45, 2.75) is 18.3 Å². The van der Waals surface area contributed by atoms with Crippen molar-refractivity contribution >= 4 is 17.1 Å². The van der Waals surface area contributed by atoms with E-state index in [-0.39, 0.29) is 17.1 Å². The standard InChI is InChI=1S/C28H29N7O2/c36-24-7-2-1-6-22(24)23-13-21(15-30-31-23)33-11-8-28(9-12-33,25-14-20-5-3-4-10-35(20)32-25)26(37)34-18-27(19-34)16-29-17-27/h1-7,10,13-15,29,36H,8-9,11-12,16-19H2. The molecule has 0 radical (unpaired) electrons. The third-order valence-electron chi connectivity index (χ3n) is 8.41. The first kappa shape index (κ1) is 22.2. The van der Waals surface area contributed by atoms with Gasteiger partial charge in [-0.25, -0.2) is 4.52 Å². The van der Waals surface area contributed by atoms with E-state index in [0.717, 1.165) is 43.1 Å². The highest BCUT2D eigenvalue weighted by Crippen LogP contribution is 2.43. The molecule has 7 rings (SSSR count). The number of aromatic nitrogens is 4. The maximum Gasteiger partial charge on any atom is 0.235 e. The van der Waals surface area contributed by atoms with Gasteiger partial charge < -0.3 is 20.2 Å². The van der Waals surface area contributed by atoms with Crippen molar-refractivity contribution in [3.63, 3.8) is 0 Å². The van der Waals surface area contributed by atoms with Crippen LogP contribution < -0.4 is 10.2 Å². The largest absolute Gasteiger partial charge is 0.507 e. The van der Waals surface area contributed by atoms with Crippen LogP contribution in [0, 0.1) is 5.41 Å². The fourth-order valence-electron chi connectivity index (χ4n) is 6.16. The monoisotopic (exact) mass is 495 g/mol. The van der Waals surface area contributed by atoms with Gasteiger partial charge in [-0.3, -0.25) is 4.79 Å². The predicted molar refractivity (Wildman–Crippen MR) is 139 cm³/mol. The number of piperidine rings is 1. The summed E-state index contributed by atoms with van der Waals surface area (Å²) >= 11 is 0. The van der Waals surface area contributed by atoms with Gasteiger partial charge in [-0.15, -0.1) is 0 Å². The topological polar surface area (TPSA) is 98.9 Å². The molecule has 37 heavy (non-hydrogen) atoms. The second-order valence-corrected chi connectivity index (χ2v) is 10.7. The molecule has 3 aliphatic heterocycles. The van der Waals surface area contributed by atoms with Gasteiger partial charge in [0.15, 0.2) is 0 Å². The van der Waals surface area contributed by atoms with E-state index in [1.165, 1.54) is 0 Å². The van der Waals surface area contributed by atoms with Crippen LogP contribution in [0.2, 0.25) is 0 Å². The average Bonchev–Trinajstić information content (AvgIpc) is 3.32. The SMILES string of the molecule is O=C(N1CC2(CNC2)C1)C1(c2cc3ccccn3n2)CCN(c2cnnc(-c3ccccc3O)c2)CC1. The Morgan fingerprint density at radius 3 is 2.51 bits per heavy atom. The molecule has 4 aromatic rings. The van der Waals surface area contributed by atoms with Crippen molar-refractivity contribution in [2.24, 2.45) is 5.41 Å². The number of carbonyl (C=O) groups is 1. The van der Waals surface area contributed by atoms with Crippen LogP contribution in [0.1, 0.15) is 18.5 Å². The molecule has 3 aromatic heterocycles. The maximum atomic E-state index is 14.1. The van der Waals surface area contributed by atoms with Crippen molar-refractivity contribution in [2.75, 3.05) is 44.2 Å². The lowest BCUT2D eigenvalue weighted by Gasteiger charge is -2.58. The molecule has 0 aliphatic carbocycles. The minimum atomic E-state index is -0.651. The van der Waals surface area contributed by atoms with Crippen LogP contribution in [0.25, 0.3) is 16.8 Å². The molecule has 1 amide bonds. The molecule has 2 N–H and O–H groups in total. The van der Waals surface area contributed by atoms with E-state index in [9.17, 15) is 9.90 Å². The van der Waals surface area contributed by atoms with E-state index in [0.29, 0.717) is 37.2 Å².